The van der Waals surface area contributed by atoms with Crippen molar-refractivity contribution in [2.75, 3.05) is 6.54 Å². The van der Waals surface area contributed by atoms with Crippen molar-refractivity contribution in [3.63, 3.8) is 0 Å². The average Bonchev–Trinajstić information content (AvgIpc) is 2.38. The van der Waals surface area contributed by atoms with Gasteiger partial charge >= 0.3 is 0 Å². The molecule has 0 unspecified atom stereocenters. The molecule has 114 valence electrons. The molecule has 1 aliphatic rings. The minimum absolute atomic E-state index is 0. The van der Waals surface area contributed by atoms with Crippen molar-refractivity contribution in [3.05, 3.63) is 29.6 Å². The third kappa shape index (κ3) is 4.93. The fourth-order valence-electron chi connectivity index (χ4n) is 2.50. The fourth-order valence-corrected chi connectivity index (χ4v) is 2.50. The van der Waals surface area contributed by atoms with Crippen molar-refractivity contribution >= 4 is 30.7 Å². The number of rotatable bonds is 3. The Kier molecular flexibility index (Phi) is 8.09. The van der Waals surface area contributed by atoms with Crippen LogP contribution >= 0.6 is 24.8 Å². The van der Waals surface area contributed by atoms with Crippen LogP contribution in [0.15, 0.2) is 18.3 Å². The molecule has 4 nitrogen and oxygen atoms in total. The summed E-state index contributed by atoms with van der Waals surface area (Å²) in [6.07, 6.45) is 7.21. The molecule has 1 aromatic rings. The molecule has 1 amide bonds. The highest BCUT2D eigenvalue weighted by molar-refractivity contribution is 5.93. The molecule has 1 aromatic heterocycles. The van der Waals surface area contributed by atoms with E-state index in [0.717, 1.165) is 31.2 Å². The Balaban J connectivity index is 0.00000180. The lowest BCUT2D eigenvalue weighted by Gasteiger charge is -2.33. The zero-order valence-electron chi connectivity index (χ0n) is 11.7. The molecule has 0 spiro atoms. The Bertz CT molecular complexity index is 434. The molecule has 1 heterocycles. The zero-order valence-corrected chi connectivity index (χ0v) is 13.4. The van der Waals surface area contributed by atoms with Gasteiger partial charge in [-0.2, -0.15) is 0 Å². The molecule has 1 fully saturated rings. The van der Waals surface area contributed by atoms with E-state index in [9.17, 15) is 4.79 Å². The predicted octanol–water partition coefficient (Wildman–Crippen LogP) is 2.63. The van der Waals surface area contributed by atoms with Gasteiger partial charge in [0.05, 0.1) is 0 Å². The largest absolute Gasteiger partial charge is 0.349 e. The van der Waals surface area contributed by atoms with Crippen LogP contribution in [0.3, 0.4) is 0 Å². The number of nitrogens with zero attached hydrogens (tertiary/aromatic N) is 1. The molecule has 0 aliphatic heterocycles. The first-order chi connectivity index (χ1) is 8.61. The van der Waals surface area contributed by atoms with E-state index >= 15 is 0 Å². The number of nitrogens with two attached hydrogens (primary N) is 1. The monoisotopic (exact) mass is 319 g/mol. The lowest BCUT2D eigenvalue weighted by Crippen LogP contribution is -2.51. The Morgan fingerprint density at radius 2 is 2.00 bits per heavy atom. The normalized spacial score (nSPS) is 16.5. The summed E-state index contributed by atoms with van der Waals surface area (Å²) in [5.41, 5.74) is 7.45. The maximum absolute atomic E-state index is 12.0. The Hall–Kier alpha value is -0.840. The molecule has 1 saturated carbocycles. The van der Waals surface area contributed by atoms with Crippen LogP contribution in [0.4, 0.5) is 0 Å². The van der Waals surface area contributed by atoms with Gasteiger partial charge in [0, 0.05) is 18.3 Å². The number of nitrogens with one attached hydrogen (secondary N) is 1. The van der Waals surface area contributed by atoms with Gasteiger partial charge in [0.1, 0.15) is 5.69 Å². The van der Waals surface area contributed by atoms with E-state index in [-0.39, 0.29) is 36.3 Å². The van der Waals surface area contributed by atoms with E-state index < -0.39 is 0 Å². The molecule has 20 heavy (non-hydrogen) atoms. The summed E-state index contributed by atoms with van der Waals surface area (Å²) in [4.78, 5) is 16.1. The molecule has 0 bridgehead atoms. The van der Waals surface area contributed by atoms with Crippen LogP contribution in [0.25, 0.3) is 0 Å². The van der Waals surface area contributed by atoms with E-state index in [4.69, 9.17) is 5.73 Å². The molecule has 0 saturated heterocycles. The van der Waals surface area contributed by atoms with Gasteiger partial charge in [-0.25, -0.2) is 0 Å². The van der Waals surface area contributed by atoms with Gasteiger partial charge < -0.3 is 11.1 Å². The van der Waals surface area contributed by atoms with Crippen LogP contribution in [-0.4, -0.2) is 23.0 Å². The summed E-state index contributed by atoms with van der Waals surface area (Å²) in [5, 5.41) is 2.92. The molecule has 0 atom stereocenters. The SMILES string of the molecule is Cc1cccnc1C(=O)NCC1(N)CCCCC1.Cl.Cl. The first-order valence-corrected chi connectivity index (χ1v) is 6.59. The van der Waals surface area contributed by atoms with Gasteiger partial charge in [0.2, 0.25) is 0 Å². The Morgan fingerprint density at radius 3 is 2.60 bits per heavy atom. The molecular formula is C14H23Cl2N3O. The molecule has 3 N–H and O–H groups in total. The Morgan fingerprint density at radius 1 is 1.35 bits per heavy atom. The van der Waals surface area contributed by atoms with Crippen LogP contribution in [-0.2, 0) is 0 Å². The maximum Gasteiger partial charge on any atom is 0.270 e. The van der Waals surface area contributed by atoms with Crippen LogP contribution in [0.1, 0.15) is 48.2 Å². The second kappa shape index (κ2) is 8.45. The van der Waals surface area contributed by atoms with Gasteiger partial charge in [-0.3, -0.25) is 9.78 Å². The number of amides is 1. The highest BCUT2D eigenvalue weighted by Gasteiger charge is 2.28. The van der Waals surface area contributed by atoms with Crippen molar-refractivity contribution in [3.8, 4) is 0 Å². The average molecular weight is 320 g/mol. The first kappa shape index (κ1) is 19.2. The molecule has 2 rings (SSSR count). The highest BCUT2D eigenvalue weighted by atomic mass is 35.5. The van der Waals surface area contributed by atoms with E-state index in [1.54, 1.807) is 6.20 Å². The number of hydrogen-bond donors (Lipinski definition) is 2. The lowest BCUT2D eigenvalue weighted by molar-refractivity contribution is 0.0932. The van der Waals surface area contributed by atoms with Crippen LogP contribution in [0, 0.1) is 6.92 Å². The van der Waals surface area contributed by atoms with E-state index in [2.05, 4.69) is 10.3 Å². The number of carbonyl (C=O) groups is 1. The topological polar surface area (TPSA) is 68.0 Å². The van der Waals surface area contributed by atoms with Gasteiger partial charge in [-0.15, -0.1) is 24.8 Å². The number of aromatic nitrogens is 1. The van der Waals surface area contributed by atoms with Crippen molar-refractivity contribution in [2.45, 2.75) is 44.6 Å². The summed E-state index contributed by atoms with van der Waals surface area (Å²) in [6.45, 7) is 2.43. The number of pyridine rings is 1. The molecule has 0 radical (unpaired) electrons. The quantitative estimate of drug-likeness (QED) is 0.899. The molecule has 1 aliphatic carbocycles. The predicted molar refractivity (Wildman–Crippen MR) is 85.8 cm³/mol. The minimum Gasteiger partial charge on any atom is -0.349 e. The second-order valence-electron chi connectivity index (χ2n) is 5.27. The van der Waals surface area contributed by atoms with E-state index in [1.165, 1.54) is 6.42 Å². The van der Waals surface area contributed by atoms with Gasteiger partial charge in [0.15, 0.2) is 0 Å². The summed E-state index contributed by atoms with van der Waals surface area (Å²) in [6, 6.07) is 3.72. The zero-order chi connectivity index (χ0) is 13.0. The molecular weight excluding hydrogens is 297 g/mol. The highest BCUT2D eigenvalue weighted by Crippen LogP contribution is 2.25. The summed E-state index contributed by atoms with van der Waals surface area (Å²) in [7, 11) is 0. The number of halogens is 2. The van der Waals surface area contributed by atoms with Gasteiger partial charge in [-0.1, -0.05) is 25.3 Å². The summed E-state index contributed by atoms with van der Waals surface area (Å²) < 4.78 is 0. The lowest BCUT2D eigenvalue weighted by atomic mass is 9.82. The number of hydrogen-bond acceptors (Lipinski definition) is 3. The van der Waals surface area contributed by atoms with Crippen LogP contribution in [0.2, 0.25) is 0 Å². The van der Waals surface area contributed by atoms with Gasteiger partial charge in [-0.05, 0) is 31.4 Å². The standard InChI is InChI=1S/C14H21N3O.2ClH/c1-11-6-5-9-16-12(11)13(18)17-10-14(15)7-3-2-4-8-14;;/h5-6,9H,2-4,7-8,10,15H2,1H3,(H,17,18);2*1H. The maximum atomic E-state index is 12.0. The van der Waals surface area contributed by atoms with Crippen LogP contribution < -0.4 is 11.1 Å². The molecule has 0 aromatic carbocycles. The van der Waals surface area contributed by atoms with E-state index in [0.29, 0.717) is 12.2 Å². The van der Waals surface area contributed by atoms with Crippen LogP contribution in [0.5, 0.6) is 0 Å². The van der Waals surface area contributed by atoms with Crippen molar-refractivity contribution in [1.82, 2.24) is 10.3 Å². The van der Waals surface area contributed by atoms with Crippen molar-refractivity contribution in [2.24, 2.45) is 5.73 Å². The van der Waals surface area contributed by atoms with Crippen molar-refractivity contribution in [1.29, 1.82) is 0 Å². The third-order valence-electron chi connectivity index (χ3n) is 3.67. The van der Waals surface area contributed by atoms with E-state index in [1.807, 2.05) is 19.1 Å². The van der Waals surface area contributed by atoms with Gasteiger partial charge in [0.25, 0.3) is 5.91 Å². The Labute approximate surface area is 132 Å². The smallest absolute Gasteiger partial charge is 0.270 e. The molecule has 6 heteroatoms. The summed E-state index contributed by atoms with van der Waals surface area (Å²) in [5.74, 6) is -0.122. The summed E-state index contributed by atoms with van der Waals surface area (Å²) >= 11 is 0. The number of carbonyl (C=O) groups excluding carboxylic acids is 1. The van der Waals surface area contributed by atoms with Crippen molar-refractivity contribution < 1.29 is 4.79 Å². The first-order valence-electron chi connectivity index (χ1n) is 6.59. The minimum atomic E-state index is -0.226. The fraction of sp³-hybridized carbons (Fsp3) is 0.571. The second-order valence-corrected chi connectivity index (χ2v) is 5.27. The number of aryl methyl sites for hydroxylation is 1. The third-order valence-corrected chi connectivity index (χ3v) is 3.67.